The predicted molar refractivity (Wildman–Crippen MR) is 62.4 cm³/mol. The highest BCUT2D eigenvalue weighted by molar-refractivity contribution is 9.10. The summed E-state index contributed by atoms with van der Waals surface area (Å²) in [6.45, 7) is 1.41. The molecule has 0 radical (unpaired) electrons. The van der Waals surface area contributed by atoms with Crippen LogP contribution in [0.5, 0.6) is 5.75 Å². The number of rotatable bonds is 3. The molecule has 86 valence electrons. The summed E-state index contributed by atoms with van der Waals surface area (Å²) >= 11 is 3.23. The lowest BCUT2D eigenvalue weighted by Gasteiger charge is -2.27. The fraction of sp³-hybridized carbons (Fsp3) is 0.417. The van der Waals surface area contributed by atoms with Crippen molar-refractivity contribution in [2.45, 2.75) is 32.3 Å². The van der Waals surface area contributed by atoms with Crippen LogP contribution in [0.3, 0.4) is 0 Å². The quantitative estimate of drug-likeness (QED) is 0.792. The fourth-order valence-corrected chi connectivity index (χ4v) is 2.12. The lowest BCUT2D eigenvalue weighted by molar-refractivity contribution is 0.0981. The second-order valence-electron chi connectivity index (χ2n) is 3.99. The second-order valence-corrected chi connectivity index (χ2v) is 4.85. The van der Waals surface area contributed by atoms with Gasteiger partial charge in [-0.15, -0.1) is 0 Å². The van der Waals surface area contributed by atoms with Crippen LogP contribution in [-0.2, 0) is 0 Å². The summed E-state index contributed by atoms with van der Waals surface area (Å²) in [7, 11) is 0. The molecule has 0 aromatic heterocycles. The van der Waals surface area contributed by atoms with Crippen LogP contribution in [0.4, 0.5) is 4.39 Å². The molecule has 1 fully saturated rings. The number of carbonyl (C=O) groups excluding carboxylic acids is 1. The number of hydrogen-bond donors (Lipinski definition) is 0. The molecular weight excluding hydrogens is 275 g/mol. The molecule has 0 aliphatic heterocycles. The third-order valence-electron chi connectivity index (χ3n) is 2.72. The van der Waals surface area contributed by atoms with E-state index in [-0.39, 0.29) is 11.9 Å². The van der Waals surface area contributed by atoms with E-state index in [1.807, 2.05) is 0 Å². The van der Waals surface area contributed by atoms with Gasteiger partial charge in [-0.25, -0.2) is 4.39 Å². The zero-order chi connectivity index (χ0) is 11.7. The summed E-state index contributed by atoms with van der Waals surface area (Å²) in [5, 5.41) is 0. The van der Waals surface area contributed by atoms with Gasteiger partial charge in [0, 0.05) is 0 Å². The van der Waals surface area contributed by atoms with Crippen LogP contribution in [0.25, 0.3) is 0 Å². The van der Waals surface area contributed by atoms with E-state index in [1.165, 1.54) is 19.1 Å². The van der Waals surface area contributed by atoms with Gasteiger partial charge in [0.05, 0.1) is 16.1 Å². The van der Waals surface area contributed by atoms with Crippen LogP contribution in [0, 0.1) is 5.82 Å². The van der Waals surface area contributed by atoms with Gasteiger partial charge >= 0.3 is 0 Å². The maximum absolute atomic E-state index is 13.2. The molecule has 0 atom stereocenters. The Morgan fingerprint density at radius 2 is 2.19 bits per heavy atom. The first kappa shape index (κ1) is 11.6. The summed E-state index contributed by atoms with van der Waals surface area (Å²) in [4.78, 5) is 11.4. The number of benzene rings is 1. The van der Waals surface area contributed by atoms with Crippen molar-refractivity contribution >= 4 is 21.7 Å². The topological polar surface area (TPSA) is 26.3 Å². The minimum atomic E-state index is -0.432. The van der Waals surface area contributed by atoms with Crippen molar-refractivity contribution in [3.63, 3.8) is 0 Å². The average molecular weight is 287 g/mol. The maximum atomic E-state index is 13.2. The highest BCUT2D eigenvalue weighted by Crippen LogP contribution is 2.34. The van der Waals surface area contributed by atoms with Crippen LogP contribution < -0.4 is 4.74 Å². The van der Waals surface area contributed by atoms with Gasteiger partial charge < -0.3 is 4.74 Å². The number of ketones is 1. The maximum Gasteiger partial charge on any atom is 0.163 e. The van der Waals surface area contributed by atoms with E-state index >= 15 is 0 Å². The monoisotopic (exact) mass is 286 g/mol. The summed E-state index contributed by atoms with van der Waals surface area (Å²) < 4.78 is 19.4. The molecule has 4 heteroatoms. The lowest BCUT2D eigenvalue weighted by atomic mass is 9.96. The minimum absolute atomic E-state index is 0.167. The average Bonchev–Trinajstić information content (AvgIpc) is 2.12. The molecule has 1 aromatic carbocycles. The molecule has 2 rings (SSSR count). The van der Waals surface area contributed by atoms with Crippen LogP contribution in [0.15, 0.2) is 16.6 Å². The Bertz CT molecular complexity index is 427. The van der Waals surface area contributed by atoms with Crippen molar-refractivity contribution in [1.29, 1.82) is 0 Å². The standard InChI is InChI=1S/C12H12BrFO2/c1-7(15)10-5-8(14)6-11(13)12(10)16-9-3-2-4-9/h5-6,9H,2-4H2,1H3. The minimum Gasteiger partial charge on any atom is -0.488 e. The van der Waals surface area contributed by atoms with Crippen LogP contribution in [0.1, 0.15) is 36.5 Å². The number of carbonyl (C=O) groups is 1. The molecule has 0 bridgehead atoms. The van der Waals surface area contributed by atoms with Gasteiger partial charge in [-0.2, -0.15) is 0 Å². The third kappa shape index (κ3) is 2.26. The van der Waals surface area contributed by atoms with Crippen molar-refractivity contribution in [2.75, 3.05) is 0 Å². The lowest BCUT2D eigenvalue weighted by Crippen LogP contribution is -2.25. The van der Waals surface area contributed by atoms with Crippen LogP contribution in [-0.4, -0.2) is 11.9 Å². The SMILES string of the molecule is CC(=O)c1cc(F)cc(Br)c1OC1CCC1. The van der Waals surface area contributed by atoms with Gasteiger partial charge in [-0.05, 0) is 54.2 Å². The highest BCUT2D eigenvalue weighted by Gasteiger charge is 2.23. The van der Waals surface area contributed by atoms with Gasteiger partial charge in [0.1, 0.15) is 11.6 Å². The van der Waals surface area contributed by atoms with Gasteiger partial charge in [0.2, 0.25) is 0 Å². The summed E-state index contributed by atoms with van der Waals surface area (Å²) in [6.07, 6.45) is 3.32. The second kappa shape index (κ2) is 4.53. The third-order valence-corrected chi connectivity index (χ3v) is 3.31. The van der Waals surface area contributed by atoms with Crippen molar-refractivity contribution in [3.8, 4) is 5.75 Å². The molecule has 16 heavy (non-hydrogen) atoms. The van der Waals surface area contributed by atoms with E-state index in [0.717, 1.165) is 19.3 Å². The van der Waals surface area contributed by atoms with E-state index < -0.39 is 5.82 Å². The Morgan fingerprint density at radius 1 is 1.50 bits per heavy atom. The Labute approximate surface area is 102 Å². The molecule has 1 saturated carbocycles. The zero-order valence-electron chi connectivity index (χ0n) is 8.93. The smallest absolute Gasteiger partial charge is 0.163 e. The van der Waals surface area contributed by atoms with E-state index in [9.17, 15) is 9.18 Å². The van der Waals surface area contributed by atoms with Crippen LogP contribution >= 0.6 is 15.9 Å². The van der Waals surface area contributed by atoms with Gasteiger partial charge in [-0.1, -0.05) is 0 Å². The van der Waals surface area contributed by atoms with Crippen molar-refractivity contribution in [2.24, 2.45) is 0 Å². The predicted octanol–water partition coefficient (Wildman–Crippen LogP) is 3.72. The molecule has 1 aliphatic carbocycles. The largest absolute Gasteiger partial charge is 0.488 e. The Morgan fingerprint density at radius 3 is 2.69 bits per heavy atom. The molecule has 0 heterocycles. The fourth-order valence-electron chi connectivity index (χ4n) is 1.60. The number of hydrogen-bond acceptors (Lipinski definition) is 2. The first-order valence-corrected chi connectivity index (χ1v) is 6.04. The summed E-state index contributed by atoms with van der Waals surface area (Å²) in [6, 6.07) is 2.54. The molecular formula is C12H12BrFO2. The van der Waals surface area contributed by atoms with Gasteiger partial charge in [-0.3, -0.25) is 4.79 Å². The summed E-state index contributed by atoms with van der Waals surface area (Å²) in [5.41, 5.74) is 0.304. The van der Waals surface area contributed by atoms with Crippen molar-refractivity contribution in [3.05, 3.63) is 28.0 Å². The Hall–Kier alpha value is -0.900. The molecule has 0 spiro atoms. The normalized spacial score (nSPS) is 15.7. The molecule has 1 aromatic rings. The Balaban J connectivity index is 2.35. The highest BCUT2D eigenvalue weighted by atomic mass is 79.9. The summed E-state index contributed by atoms with van der Waals surface area (Å²) in [5.74, 6) is -0.147. The molecule has 0 saturated heterocycles. The van der Waals surface area contributed by atoms with Crippen molar-refractivity contribution in [1.82, 2.24) is 0 Å². The molecule has 0 unspecified atom stereocenters. The Kier molecular flexibility index (Phi) is 3.28. The van der Waals surface area contributed by atoms with Gasteiger partial charge in [0.15, 0.2) is 5.78 Å². The molecule has 2 nitrogen and oxygen atoms in total. The number of ether oxygens (including phenoxy) is 1. The molecule has 0 amide bonds. The first-order chi connectivity index (χ1) is 7.58. The van der Waals surface area contributed by atoms with Crippen LogP contribution in [0.2, 0.25) is 0 Å². The van der Waals surface area contributed by atoms with E-state index in [1.54, 1.807) is 0 Å². The van der Waals surface area contributed by atoms with E-state index in [4.69, 9.17) is 4.74 Å². The first-order valence-electron chi connectivity index (χ1n) is 5.24. The van der Waals surface area contributed by atoms with E-state index in [2.05, 4.69) is 15.9 Å². The number of halogens is 2. The molecule has 1 aliphatic rings. The van der Waals surface area contributed by atoms with Gasteiger partial charge in [0.25, 0.3) is 0 Å². The van der Waals surface area contributed by atoms with Crippen molar-refractivity contribution < 1.29 is 13.9 Å². The number of Topliss-reactive ketones (excluding diaryl/α,β-unsaturated/α-hetero) is 1. The zero-order valence-corrected chi connectivity index (χ0v) is 10.5. The molecule has 0 N–H and O–H groups in total. The van der Waals surface area contributed by atoms with E-state index in [0.29, 0.717) is 15.8 Å².